The van der Waals surface area contributed by atoms with Gasteiger partial charge in [-0.1, -0.05) is 30.3 Å². The van der Waals surface area contributed by atoms with Crippen LogP contribution in [-0.2, 0) is 14.4 Å². The van der Waals surface area contributed by atoms with E-state index in [-0.39, 0.29) is 36.0 Å². The molecule has 2 aliphatic rings. The number of nitrogens with one attached hydrogen (secondary N) is 1. The second-order valence-electron chi connectivity index (χ2n) is 7.99. The SMILES string of the molecule is N#Cc1ccccc1NC(=O)C1CCN(C(=O)C2CC(=O)N(c3ccccc3)C2)CC1. The molecule has 2 aromatic carbocycles. The predicted octanol–water partition coefficient (Wildman–Crippen LogP) is 2.79. The first kappa shape index (κ1) is 20.6. The number of likely N-dealkylation sites (tertiary alicyclic amines) is 1. The van der Waals surface area contributed by atoms with E-state index in [0.29, 0.717) is 43.7 Å². The molecule has 1 atom stereocenters. The summed E-state index contributed by atoms with van der Waals surface area (Å²) in [5, 5.41) is 12.0. The van der Waals surface area contributed by atoms with Gasteiger partial charge in [-0.3, -0.25) is 14.4 Å². The zero-order valence-corrected chi connectivity index (χ0v) is 17.2. The van der Waals surface area contributed by atoms with Gasteiger partial charge in [0.05, 0.1) is 17.2 Å². The Bertz CT molecular complexity index is 1020. The van der Waals surface area contributed by atoms with Gasteiger partial charge in [-0.05, 0) is 37.1 Å². The van der Waals surface area contributed by atoms with Crippen molar-refractivity contribution < 1.29 is 14.4 Å². The molecule has 0 bridgehead atoms. The van der Waals surface area contributed by atoms with Crippen LogP contribution in [0.15, 0.2) is 54.6 Å². The number of benzene rings is 2. The van der Waals surface area contributed by atoms with Crippen molar-refractivity contribution in [3.05, 3.63) is 60.2 Å². The third kappa shape index (κ3) is 4.43. The smallest absolute Gasteiger partial charge is 0.228 e. The molecule has 2 saturated heterocycles. The lowest BCUT2D eigenvalue weighted by atomic mass is 9.94. The number of nitrogens with zero attached hydrogens (tertiary/aromatic N) is 3. The number of anilines is 2. The summed E-state index contributed by atoms with van der Waals surface area (Å²) in [7, 11) is 0. The highest BCUT2D eigenvalue weighted by atomic mass is 16.2. The number of amides is 3. The molecule has 158 valence electrons. The molecular formula is C24H24N4O3. The molecule has 0 saturated carbocycles. The lowest BCUT2D eigenvalue weighted by Crippen LogP contribution is -2.44. The summed E-state index contributed by atoms with van der Waals surface area (Å²) in [4.78, 5) is 41.5. The van der Waals surface area contributed by atoms with E-state index in [0.717, 1.165) is 5.69 Å². The van der Waals surface area contributed by atoms with Crippen LogP contribution in [-0.4, -0.2) is 42.3 Å². The first-order valence-electron chi connectivity index (χ1n) is 10.5. The Labute approximate surface area is 181 Å². The minimum Gasteiger partial charge on any atom is -0.342 e. The van der Waals surface area contributed by atoms with E-state index in [9.17, 15) is 19.6 Å². The molecule has 7 nitrogen and oxygen atoms in total. The molecule has 0 radical (unpaired) electrons. The standard InChI is InChI=1S/C24H24N4O3/c25-15-18-6-4-5-9-21(18)26-23(30)17-10-12-27(13-11-17)24(31)19-14-22(29)28(16-19)20-7-2-1-3-8-20/h1-9,17,19H,10-14,16H2,(H,26,30). The second-order valence-corrected chi connectivity index (χ2v) is 7.99. The van der Waals surface area contributed by atoms with Gasteiger partial charge in [0.2, 0.25) is 17.7 Å². The maximum Gasteiger partial charge on any atom is 0.228 e. The second kappa shape index (κ2) is 9.00. The van der Waals surface area contributed by atoms with Crippen LogP contribution in [0, 0.1) is 23.2 Å². The molecule has 2 aromatic rings. The average molecular weight is 416 g/mol. The minimum absolute atomic E-state index is 0.0135. The van der Waals surface area contributed by atoms with Crippen molar-refractivity contribution in [3.63, 3.8) is 0 Å². The van der Waals surface area contributed by atoms with Crippen LogP contribution in [0.1, 0.15) is 24.8 Å². The Morgan fingerprint density at radius 3 is 2.35 bits per heavy atom. The average Bonchev–Trinajstić information content (AvgIpc) is 3.21. The Morgan fingerprint density at radius 1 is 0.968 bits per heavy atom. The molecule has 3 amide bonds. The van der Waals surface area contributed by atoms with Gasteiger partial charge in [0.25, 0.3) is 0 Å². The first-order chi connectivity index (χ1) is 15.1. The van der Waals surface area contributed by atoms with Crippen LogP contribution in [0.2, 0.25) is 0 Å². The van der Waals surface area contributed by atoms with Gasteiger partial charge in [-0.25, -0.2) is 0 Å². The van der Waals surface area contributed by atoms with Crippen molar-refractivity contribution in [2.45, 2.75) is 19.3 Å². The molecule has 7 heteroatoms. The van der Waals surface area contributed by atoms with Crippen LogP contribution < -0.4 is 10.2 Å². The third-order valence-corrected chi connectivity index (χ3v) is 6.02. The van der Waals surface area contributed by atoms with Crippen LogP contribution in [0.5, 0.6) is 0 Å². The Balaban J connectivity index is 1.31. The number of piperidine rings is 1. The van der Waals surface area contributed by atoms with Crippen LogP contribution in [0.3, 0.4) is 0 Å². The first-order valence-corrected chi connectivity index (χ1v) is 10.5. The zero-order chi connectivity index (χ0) is 21.8. The van der Waals surface area contributed by atoms with E-state index in [4.69, 9.17) is 0 Å². The molecule has 2 heterocycles. The normalized spacial score (nSPS) is 19.2. The number of hydrogen-bond acceptors (Lipinski definition) is 4. The summed E-state index contributed by atoms with van der Waals surface area (Å²) < 4.78 is 0. The molecule has 2 fully saturated rings. The van der Waals surface area contributed by atoms with E-state index in [1.165, 1.54) is 0 Å². The Kier molecular flexibility index (Phi) is 5.99. The Hall–Kier alpha value is -3.66. The van der Waals surface area contributed by atoms with Crippen molar-refractivity contribution in [3.8, 4) is 6.07 Å². The molecule has 0 aliphatic carbocycles. The minimum atomic E-state index is -0.347. The predicted molar refractivity (Wildman–Crippen MR) is 116 cm³/mol. The van der Waals surface area contributed by atoms with Crippen molar-refractivity contribution in [2.24, 2.45) is 11.8 Å². The molecule has 1 N–H and O–H groups in total. The van der Waals surface area contributed by atoms with Crippen molar-refractivity contribution in [1.82, 2.24) is 4.90 Å². The lowest BCUT2D eigenvalue weighted by Gasteiger charge is -2.33. The maximum atomic E-state index is 13.0. The molecular weight excluding hydrogens is 392 g/mol. The lowest BCUT2D eigenvalue weighted by molar-refractivity contribution is -0.138. The number of nitriles is 1. The van der Waals surface area contributed by atoms with Gasteiger partial charge >= 0.3 is 0 Å². The fraction of sp³-hybridized carbons (Fsp3) is 0.333. The van der Waals surface area contributed by atoms with E-state index in [2.05, 4.69) is 11.4 Å². The van der Waals surface area contributed by atoms with Gasteiger partial charge in [0.15, 0.2) is 0 Å². The van der Waals surface area contributed by atoms with Crippen LogP contribution >= 0.6 is 0 Å². The van der Waals surface area contributed by atoms with Crippen molar-refractivity contribution in [1.29, 1.82) is 5.26 Å². The number of carbonyl (C=O) groups excluding carboxylic acids is 3. The molecule has 1 unspecified atom stereocenters. The summed E-state index contributed by atoms with van der Waals surface area (Å²) in [6, 6.07) is 18.4. The van der Waals surface area contributed by atoms with Crippen molar-refractivity contribution in [2.75, 3.05) is 29.9 Å². The quantitative estimate of drug-likeness (QED) is 0.829. The maximum absolute atomic E-state index is 13.0. The highest BCUT2D eigenvalue weighted by Gasteiger charge is 2.38. The van der Waals surface area contributed by atoms with Crippen LogP contribution in [0.4, 0.5) is 11.4 Å². The molecule has 31 heavy (non-hydrogen) atoms. The molecule has 2 aliphatic heterocycles. The molecule has 0 aromatic heterocycles. The third-order valence-electron chi connectivity index (χ3n) is 6.02. The van der Waals surface area contributed by atoms with Gasteiger partial charge in [0, 0.05) is 37.7 Å². The van der Waals surface area contributed by atoms with E-state index in [1.54, 1.807) is 34.1 Å². The number of rotatable bonds is 4. The van der Waals surface area contributed by atoms with E-state index < -0.39 is 0 Å². The largest absolute Gasteiger partial charge is 0.342 e. The summed E-state index contributed by atoms with van der Waals surface area (Å²) >= 11 is 0. The number of hydrogen-bond donors (Lipinski definition) is 1. The molecule has 0 spiro atoms. The monoisotopic (exact) mass is 416 g/mol. The van der Waals surface area contributed by atoms with Gasteiger partial charge < -0.3 is 15.1 Å². The summed E-state index contributed by atoms with van der Waals surface area (Å²) in [6.07, 6.45) is 1.35. The highest BCUT2D eigenvalue weighted by molar-refractivity contribution is 6.00. The van der Waals surface area contributed by atoms with E-state index in [1.807, 2.05) is 30.3 Å². The topological polar surface area (TPSA) is 93.5 Å². The summed E-state index contributed by atoms with van der Waals surface area (Å²) in [5.41, 5.74) is 1.76. The fourth-order valence-electron chi connectivity index (χ4n) is 4.28. The molecule has 4 rings (SSSR count). The fourth-order valence-corrected chi connectivity index (χ4v) is 4.28. The van der Waals surface area contributed by atoms with Gasteiger partial charge in [-0.2, -0.15) is 5.26 Å². The summed E-state index contributed by atoms with van der Waals surface area (Å²) in [6.45, 7) is 1.38. The van der Waals surface area contributed by atoms with Gasteiger partial charge in [-0.15, -0.1) is 0 Å². The Morgan fingerprint density at radius 2 is 1.65 bits per heavy atom. The number of carbonyl (C=O) groups is 3. The highest BCUT2D eigenvalue weighted by Crippen LogP contribution is 2.28. The zero-order valence-electron chi connectivity index (χ0n) is 17.2. The summed E-state index contributed by atoms with van der Waals surface area (Å²) in [5.74, 6) is -0.723. The van der Waals surface area contributed by atoms with Crippen molar-refractivity contribution >= 4 is 29.1 Å². The van der Waals surface area contributed by atoms with Crippen LogP contribution in [0.25, 0.3) is 0 Å². The van der Waals surface area contributed by atoms with E-state index >= 15 is 0 Å². The van der Waals surface area contributed by atoms with Gasteiger partial charge in [0.1, 0.15) is 6.07 Å². The number of para-hydroxylation sites is 2.